The van der Waals surface area contributed by atoms with E-state index in [-0.39, 0.29) is 17.2 Å². The van der Waals surface area contributed by atoms with Gasteiger partial charge in [-0.1, -0.05) is 18.2 Å². The van der Waals surface area contributed by atoms with Gasteiger partial charge < -0.3 is 4.74 Å². The van der Waals surface area contributed by atoms with Gasteiger partial charge in [-0.2, -0.15) is 5.10 Å². The van der Waals surface area contributed by atoms with E-state index in [4.69, 9.17) is 4.74 Å². The number of amides is 2. The van der Waals surface area contributed by atoms with Gasteiger partial charge >= 0.3 is 0 Å². The van der Waals surface area contributed by atoms with E-state index < -0.39 is 17.4 Å². The fourth-order valence-corrected chi connectivity index (χ4v) is 3.68. The zero-order valence-corrected chi connectivity index (χ0v) is 17.7. The molecule has 0 bridgehead atoms. The van der Waals surface area contributed by atoms with Gasteiger partial charge in [0, 0.05) is 22.3 Å². The second kappa shape index (κ2) is 9.90. The van der Waals surface area contributed by atoms with Gasteiger partial charge in [-0.05, 0) is 31.2 Å². The van der Waals surface area contributed by atoms with Crippen LogP contribution in [-0.4, -0.2) is 40.7 Å². The number of hydrogen-bond acceptors (Lipinski definition) is 7. The van der Waals surface area contributed by atoms with E-state index in [9.17, 15) is 19.2 Å². The van der Waals surface area contributed by atoms with Crippen LogP contribution in [-0.2, 0) is 10.5 Å². The minimum Gasteiger partial charge on any atom is -0.496 e. The second-order valence-electron chi connectivity index (χ2n) is 6.52. The molecule has 0 aliphatic rings. The molecule has 3 rings (SSSR count). The van der Waals surface area contributed by atoms with Crippen molar-refractivity contribution in [3.8, 4) is 5.75 Å². The first kappa shape index (κ1) is 22.0. The summed E-state index contributed by atoms with van der Waals surface area (Å²) in [5, 5.41) is 6.75. The standard InChI is InChI=1S/C21H20N4O5S/c1-12(26)13-7-8-17(30-2)14(9-13)10-31-11-18(27)22-25-21(29)19-15-5-3-4-6-16(15)20(28)24-23-19/h3-9H,10-11H2,1-2H3,(H,22,27)(H,24,28)(H,25,29). The maximum absolute atomic E-state index is 12.4. The first-order valence-electron chi connectivity index (χ1n) is 9.23. The number of nitrogens with one attached hydrogen (secondary N) is 3. The maximum atomic E-state index is 12.4. The number of fused-ring (bicyclic) bond motifs is 1. The molecule has 31 heavy (non-hydrogen) atoms. The van der Waals surface area contributed by atoms with Gasteiger partial charge in [0.1, 0.15) is 5.75 Å². The summed E-state index contributed by atoms with van der Waals surface area (Å²) in [4.78, 5) is 47.9. The molecule has 1 heterocycles. The Labute approximate surface area is 181 Å². The van der Waals surface area contributed by atoms with Gasteiger partial charge in [-0.3, -0.25) is 30.0 Å². The van der Waals surface area contributed by atoms with E-state index in [1.807, 2.05) is 0 Å². The van der Waals surface area contributed by atoms with Crippen molar-refractivity contribution in [3.63, 3.8) is 0 Å². The molecule has 10 heteroatoms. The minimum absolute atomic E-state index is 0.00561. The third kappa shape index (κ3) is 5.28. The molecular formula is C21H20N4O5S. The van der Waals surface area contributed by atoms with Gasteiger partial charge in [0.15, 0.2) is 11.5 Å². The Morgan fingerprint density at radius 1 is 1.10 bits per heavy atom. The number of rotatable bonds is 7. The number of hydrazine groups is 1. The summed E-state index contributed by atoms with van der Waals surface area (Å²) >= 11 is 1.30. The predicted molar refractivity (Wildman–Crippen MR) is 117 cm³/mol. The minimum atomic E-state index is -0.651. The molecule has 9 nitrogen and oxygen atoms in total. The van der Waals surface area contributed by atoms with E-state index in [2.05, 4.69) is 21.0 Å². The lowest BCUT2D eigenvalue weighted by molar-refractivity contribution is -0.119. The van der Waals surface area contributed by atoms with Crippen LogP contribution in [0.15, 0.2) is 47.3 Å². The van der Waals surface area contributed by atoms with Gasteiger partial charge in [0.25, 0.3) is 11.5 Å². The largest absolute Gasteiger partial charge is 0.496 e. The number of ether oxygens (including phenoxy) is 1. The zero-order valence-electron chi connectivity index (χ0n) is 16.9. The predicted octanol–water partition coefficient (Wildman–Crippen LogP) is 1.83. The molecule has 0 radical (unpaired) electrons. The van der Waals surface area contributed by atoms with E-state index in [0.29, 0.717) is 27.8 Å². The van der Waals surface area contributed by atoms with Crippen LogP contribution in [0.2, 0.25) is 0 Å². The van der Waals surface area contributed by atoms with E-state index in [0.717, 1.165) is 5.56 Å². The fourth-order valence-electron chi connectivity index (χ4n) is 2.87. The number of methoxy groups -OCH3 is 1. The first-order valence-corrected chi connectivity index (χ1v) is 10.4. The number of nitrogens with zero attached hydrogens (tertiary/aromatic N) is 1. The van der Waals surface area contributed by atoms with Crippen LogP contribution in [0.4, 0.5) is 0 Å². The number of ketones is 1. The molecule has 0 unspecified atom stereocenters. The molecule has 0 saturated carbocycles. The highest BCUT2D eigenvalue weighted by molar-refractivity contribution is 7.99. The summed E-state index contributed by atoms with van der Waals surface area (Å²) in [6, 6.07) is 11.7. The van der Waals surface area contributed by atoms with E-state index in [1.165, 1.54) is 25.8 Å². The van der Waals surface area contributed by atoms with Gasteiger partial charge in [0.2, 0.25) is 5.91 Å². The molecule has 3 aromatic rings. The number of aromatic nitrogens is 2. The molecule has 0 atom stereocenters. The van der Waals surface area contributed by atoms with Crippen molar-refractivity contribution in [2.45, 2.75) is 12.7 Å². The average Bonchev–Trinajstić information content (AvgIpc) is 2.77. The molecule has 0 aliphatic carbocycles. The van der Waals surface area contributed by atoms with Crippen molar-refractivity contribution >= 4 is 40.1 Å². The third-order valence-corrected chi connectivity index (χ3v) is 5.39. The molecule has 2 aromatic carbocycles. The van der Waals surface area contributed by atoms with Crippen LogP contribution in [0.25, 0.3) is 10.8 Å². The Morgan fingerprint density at radius 2 is 1.84 bits per heavy atom. The number of Topliss-reactive ketones (excluding diaryl/α,β-unsaturated/α-hetero) is 1. The van der Waals surface area contributed by atoms with Gasteiger partial charge in [-0.25, -0.2) is 5.10 Å². The number of carbonyl (C=O) groups excluding carboxylic acids is 3. The van der Waals surface area contributed by atoms with Gasteiger partial charge in [-0.15, -0.1) is 11.8 Å². The number of H-pyrrole nitrogens is 1. The molecular weight excluding hydrogens is 420 g/mol. The monoisotopic (exact) mass is 440 g/mol. The normalized spacial score (nSPS) is 10.5. The summed E-state index contributed by atoms with van der Waals surface area (Å²) in [7, 11) is 1.54. The first-order chi connectivity index (χ1) is 14.9. The highest BCUT2D eigenvalue weighted by Gasteiger charge is 2.15. The summed E-state index contributed by atoms with van der Waals surface area (Å²) in [6.45, 7) is 1.48. The lowest BCUT2D eigenvalue weighted by Gasteiger charge is -2.10. The zero-order chi connectivity index (χ0) is 22.4. The van der Waals surface area contributed by atoms with Crippen LogP contribution in [0, 0.1) is 0 Å². The third-order valence-electron chi connectivity index (χ3n) is 4.40. The number of benzene rings is 2. The summed E-state index contributed by atoms with van der Waals surface area (Å²) in [5.41, 5.74) is 5.57. The Bertz CT molecular complexity index is 1210. The number of carbonyl (C=O) groups is 3. The van der Waals surface area contributed by atoms with Crippen LogP contribution in [0.3, 0.4) is 0 Å². The molecule has 0 spiro atoms. The Morgan fingerprint density at radius 3 is 2.55 bits per heavy atom. The lowest BCUT2D eigenvalue weighted by atomic mass is 10.1. The number of thioether (sulfide) groups is 1. The van der Waals surface area contributed by atoms with Crippen molar-refractivity contribution in [2.24, 2.45) is 0 Å². The summed E-state index contributed by atoms with van der Waals surface area (Å²) < 4.78 is 5.29. The number of aromatic amines is 1. The highest BCUT2D eigenvalue weighted by Crippen LogP contribution is 2.24. The average molecular weight is 440 g/mol. The molecule has 0 fully saturated rings. The van der Waals surface area contributed by atoms with Crippen LogP contribution in [0.5, 0.6) is 5.75 Å². The fraction of sp³-hybridized carbons (Fsp3) is 0.190. The number of hydrogen-bond donors (Lipinski definition) is 3. The van der Waals surface area contributed by atoms with Crippen molar-refractivity contribution in [3.05, 3.63) is 69.6 Å². The summed E-state index contributed by atoms with van der Waals surface area (Å²) in [6.07, 6.45) is 0. The van der Waals surface area contributed by atoms with Crippen molar-refractivity contribution in [1.82, 2.24) is 21.0 Å². The topological polar surface area (TPSA) is 130 Å². The van der Waals surface area contributed by atoms with Gasteiger partial charge in [0.05, 0.1) is 18.2 Å². The molecule has 1 aromatic heterocycles. The second-order valence-corrected chi connectivity index (χ2v) is 7.51. The molecule has 2 amide bonds. The SMILES string of the molecule is COc1ccc(C(C)=O)cc1CSCC(=O)NNC(=O)c1n[nH]c(=O)c2ccccc12. The van der Waals surface area contributed by atoms with Crippen LogP contribution >= 0.6 is 11.8 Å². The molecule has 3 N–H and O–H groups in total. The van der Waals surface area contributed by atoms with E-state index >= 15 is 0 Å². The maximum Gasteiger partial charge on any atom is 0.290 e. The van der Waals surface area contributed by atoms with Crippen LogP contribution < -0.4 is 21.1 Å². The quantitative estimate of drug-likeness (QED) is 0.377. The Hall–Kier alpha value is -3.66. The highest BCUT2D eigenvalue weighted by atomic mass is 32.2. The van der Waals surface area contributed by atoms with Crippen molar-refractivity contribution in [1.29, 1.82) is 0 Å². The smallest absolute Gasteiger partial charge is 0.290 e. The van der Waals surface area contributed by atoms with Crippen LogP contribution in [0.1, 0.15) is 33.3 Å². The molecule has 160 valence electrons. The summed E-state index contributed by atoms with van der Waals surface area (Å²) in [5.74, 6) is 0.000988. The Balaban J connectivity index is 1.56. The van der Waals surface area contributed by atoms with Crippen molar-refractivity contribution < 1.29 is 19.1 Å². The Kier molecular flexibility index (Phi) is 7.03. The lowest BCUT2D eigenvalue weighted by Crippen LogP contribution is -2.43. The molecule has 0 aliphatic heterocycles. The van der Waals surface area contributed by atoms with E-state index in [1.54, 1.807) is 42.5 Å². The van der Waals surface area contributed by atoms with Crippen molar-refractivity contribution in [2.75, 3.05) is 12.9 Å². The molecule has 0 saturated heterocycles.